The number of nitrogens with zero attached hydrogens (tertiary/aromatic N) is 2. The first-order valence-electron chi connectivity index (χ1n) is 6.98. The Morgan fingerprint density at radius 1 is 1.15 bits per heavy atom. The summed E-state index contributed by atoms with van der Waals surface area (Å²) in [5.74, 6) is 1.18. The lowest BCUT2D eigenvalue weighted by atomic mass is 10.1. The summed E-state index contributed by atoms with van der Waals surface area (Å²) in [6, 6.07) is 10.0. The summed E-state index contributed by atoms with van der Waals surface area (Å²) < 4.78 is 5.68. The van der Waals surface area contributed by atoms with Crippen molar-refractivity contribution >= 4 is 5.82 Å². The van der Waals surface area contributed by atoms with Crippen LogP contribution in [0.25, 0.3) is 11.3 Å². The number of anilines is 1. The van der Waals surface area contributed by atoms with Crippen molar-refractivity contribution in [2.75, 3.05) is 12.3 Å². The van der Waals surface area contributed by atoms with Crippen molar-refractivity contribution in [2.24, 2.45) is 0 Å². The Hall–Kier alpha value is -1.94. The first-order valence-corrected chi connectivity index (χ1v) is 6.98. The average Bonchev–Trinajstić information content (AvgIpc) is 2.48. The van der Waals surface area contributed by atoms with E-state index >= 15 is 0 Å². The van der Waals surface area contributed by atoms with Crippen molar-refractivity contribution in [1.29, 1.82) is 0 Å². The minimum atomic E-state index is -0.106. The highest BCUT2D eigenvalue weighted by Gasteiger charge is 2.17. The van der Waals surface area contributed by atoms with Crippen molar-refractivity contribution in [3.8, 4) is 11.3 Å². The Labute approximate surface area is 120 Å². The zero-order valence-electron chi connectivity index (χ0n) is 12.3. The van der Waals surface area contributed by atoms with Gasteiger partial charge in [0.25, 0.3) is 0 Å². The molecule has 1 heterocycles. The second kappa shape index (κ2) is 6.48. The van der Waals surface area contributed by atoms with E-state index in [0.717, 1.165) is 23.2 Å². The highest BCUT2D eigenvalue weighted by atomic mass is 16.5. The van der Waals surface area contributed by atoms with Crippen LogP contribution >= 0.6 is 0 Å². The first kappa shape index (κ1) is 14.5. The Morgan fingerprint density at radius 3 is 2.45 bits per heavy atom. The number of ether oxygens (including phenoxy) is 1. The summed E-state index contributed by atoms with van der Waals surface area (Å²) in [5.41, 5.74) is 8.88. The van der Waals surface area contributed by atoms with E-state index in [9.17, 15) is 0 Å². The summed E-state index contributed by atoms with van der Waals surface area (Å²) in [7, 11) is 0. The molecule has 20 heavy (non-hydrogen) atoms. The molecule has 0 aliphatic carbocycles. The molecule has 1 aromatic heterocycles. The number of benzene rings is 1. The first-order chi connectivity index (χ1) is 9.67. The van der Waals surface area contributed by atoms with E-state index in [1.807, 2.05) is 44.2 Å². The largest absolute Gasteiger partial charge is 0.383 e. The van der Waals surface area contributed by atoms with Crippen LogP contribution in [0.15, 0.2) is 30.3 Å². The second-order valence-electron chi connectivity index (χ2n) is 4.66. The Balaban J connectivity index is 2.50. The molecule has 0 amide bonds. The molecule has 0 fully saturated rings. The molecule has 0 bridgehead atoms. The maximum absolute atomic E-state index is 6.04. The summed E-state index contributed by atoms with van der Waals surface area (Å²) in [5, 5.41) is 0. The standard InChI is InChI=1S/C16H21N3O/c1-4-13(20-5-2)16-18-14(11(3)15(17)19-16)12-9-7-6-8-10-12/h6-10,13H,4-5H2,1-3H3,(H2,17,18,19). The Bertz CT molecular complexity index is 569. The molecular formula is C16H21N3O. The zero-order chi connectivity index (χ0) is 14.5. The smallest absolute Gasteiger partial charge is 0.160 e. The van der Waals surface area contributed by atoms with Crippen molar-refractivity contribution in [3.63, 3.8) is 0 Å². The fourth-order valence-electron chi connectivity index (χ4n) is 2.15. The minimum absolute atomic E-state index is 0.106. The predicted molar refractivity (Wildman–Crippen MR) is 81.3 cm³/mol. The normalized spacial score (nSPS) is 12.3. The van der Waals surface area contributed by atoms with Crippen LogP contribution in [0.4, 0.5) is 5.82 Å². The molecule has 0 spiro atoms. The van der Waals surface area contributed by atoms with E-state index in [2.05, 4.69) is 16.9 Å². The number of hydrogen-bond donors (Lipinski definition) is 1. The van der Waals surface area contributed by atoms with Gasteiger partial charge in [0.05, 0.1) is 5.69 Å². The molecule has 1 aromatic carbocycles. The van der Waals surface area contributed by atoms with Crippen molar-refractivity contribution in [3.05, 3.63) is 41.7 Å². The maximum atomic E-state index is 6.04. The molecule has 106 valence electrons. The topological polar surface area (TPSA) is 61.0 Å². The molecule has 1 atom stereocenters. The third-order valence-electron chi connectivity index (χ3n) is 3.27. The van der Waals surface area contributed by atoms with Gasteiger partial charge in [-0.25, -0.2) is 9.97 Å². The minimum Gasteiger partial charge on any atom is -0.383 e. The number of hydrogen-bond acceptors (Lipinski definition) is 4. The molecule has 0 radical (unpaired) electrons. The van der Waals surface area contributed by atoms with Crippen LogP contribution in [0.2, 0.25) is 0 Å². The second-order valence-corrected chi connectivity index (χ2v) is 4.66. The molecule has 0 saturated heterocycles. The highest BCUT2D eigenvalue weighted by molar-refractivity contribution is 5.67. The van der Waals surface area contributed by atoms with E-state index in [-0.39, 0.29) is 6.10 Å². The van der Waals surface area contributed by atoms with Crippen molar-refractivity contribution in [2.45, 2.75) is 33.3 Å². The average molecular weight is 271 g/mol. The van der Waals surface area contributed by atoms with Gasteiger partial charge in [-0.1, -0.05) is 37.3 Å². The van der Waals surface area contributed by atoms with Crippen molar-refractivity contribution in [1.82, 2.24) is 9.97 Å². The molecule has 2 N–H and O–H groups in total. The van der Waals surface area contributed by atoms with Crippen LogP contribution in [-0.2, 0) is 4.74 Å². The predicted octanol–water partition coefficient (Wildman–Crippen LogP) is 3.52. The highest BCUT2D eigenvalue weighted by Crippen LogP contribution is 2.27. The SMILES string of the molecule is CCOC(CC)c1nc(N)c(C)c(-c2ccccc2)n1. The molecule has 2 aromatic rings. The molecule has 4 heteroatoms. The Kier molecular flexibility index (Phi) is 4.69. The lowest BCUT2D eigenvalue weighted by Crippen LogP contribution is -2.11. The number of rotatable bonds is 5. The lowest BCUT2D eigenvalue weighted by molar-refractivity contribution is 0.0536. The fraction of sp³-hybridized carbons (Fsp3) is 0.375. The summed E-state index contributed by atoms with van der Waals surface area (Å²) in [6.45, 7) is 6.61. The van der Waals surface area contributed by atoms with E-state index in [0.29, 0.717) is 18.2 Å². The lowest BCUT2D eigenvalue weighted by Gasteiger charge is -2.16. The van der Waals surface area contributed by atoms with Crippen LogP contribution < -0.4 is 5.73 Å². The summed E-state index contributed by atoms with van der Waals surface area (Å²) in [6.07, 6.45) is 0.718. The van der Waals surface area contributed by atoms with E-state index < -0.39 is 0 Å². The van der Waals surface area contributed by atoms with Gasteiger partial charge in [0.2, 0.25) is 0 Å². The summed E-state index contributed by atoms with van der Waals surface area (Å²) in [4.78, 5) is 9.07. The van der Waals surface area contributed by atoms with Gasteiger partial charge in [-0.05, 0) is 20.3 Å². The van der Waals surface area contributed by atoms with Gasteiger partial charge in [0.15, 0.2) is 5.82 Å². The zero-order valence-corrected chi connectivity index (χ0v) is 12.3. The molecule has 0 saturated carbocycles. The van der Waals surface area contributed by atoms with Crippen molar-refractivity contribution < 1.29 is 4.74 Å². The third kappa shape index (κ3) is 2.96. The van der Waals surface area contributed by atoms with Crippen LogP contribution in [0, 0.1) is 6.92 Å². The van der Waals surface area contributed by atoms with Gasteiger partial charge < -0.3 is 10.5 Å². The van der Waals surface area contributed by atoms with Crippen LogP contribution in [0.5, 0.6) is 0 Å². The Morgan fingerprint density at radius 2 is 1.85 bits per heavy atom. The van der Waals surface area contributed by atoms with Gasteiger partial charge in [-0.2, -0.15) is 0 Å². The molecule has 1 unspecified atom stereocenters. The quantitative estimate of drug-likeness (QED) is 0.903. The summed E-state index contributed by atoms with van der Waals surface area (Å²) >= 11 is 0. The number of aromatic nitrogens is 2. The fourth-order valence-corrected chi connectivity index (χ4v) is 2.15. The number of nitrogens with two attached hydrogens (primary N) is 1. The molecular weight excluding hydrogens is 250 g/mol. The number of nitrogen functional groups attached to an aromatic ring is 1. The van der Waals surface area contributed by atoms with E-state index in [1.165, 1.54) is 0 Å². The third-order valence-corrected chi connectivity index (χ3v) is 3.27. The van der Waals surface area contributed by atoms with Gasteiger partial charge in [-0.15, -0.1) is 0 Å². The van der Waals surface area contributed by atoms with Gasteiger partial charge >= 0.3 is 0 Å². The molecule has 0 aliphatic rings. The van der Waals surface area contributed by atoms with Crippen LogP contribution in [0.3, 0.4) is 0 Å². The van der Waals surface area contributed by atoms with Gasteiger partial charge in [-0.3, -0.25) is 0 Å². The molecule has 0 aliphatic heterocycles. The molecule has 4 nitrogen and oxygen atoms in total. The molecule has 2 rings (SSSR count). The maximum Gasteiger partial charge on any atom is 0.160 e. The van der Waals surface area contributed by atoms with Crippen LogP contribution in [-0.4, -0.2) is 16.6 Å². The van der Waals surface area contributed by atoms with Crippen LogP contribution in [0.1, 0.15) is 37.8 Å². The van der Waals surface area contributed by atoms with Gasteiger partial charge in [0, 0.05) is 17.7 Å². The monoisotopic (exact) mass is 271 g/mol. The van der Waals surface area contributed by atoms with E-state index in [1.54, 1.807) is 0 Å². The van der Waals surface area contributed by atoms with Gasteiger partial charge in [0.1, 0.15) is 11.9 Å². The van der Waals surface area contributed by atoms with E-state index in [4.69, 9.17) is 10.5 Å².